The van der Waals surface area contributed by atoms with Gasteiger partial charge in [0.25, 0.3) is 5.91 Å². The van der Waals surface area contributed by atoms with Crippen molar-refractivity contribution in [3.63, 3.8) is 0 Å². The van der Waals surface area contributed by atoms with Crippen molar-refractivity contribution in [3.05, 3.63) is 12.2 Å². The predicted molar refractivity (Wildman–Crippen MR) is 31.5 cm³/mol. The van der Waals surface area contributed by atoms with Gasteiger partial charge in [-0.1, -0.05) is 6.08 Å². The van der Waals surface area contributed by atoms with E-state index in [9.17, 15) is 9.59 Å². The maximum atomic E-state index is 10.7. The Kier molecular flexibility index (Phi) is 1.34. The Morgan fingerprint density at radius 2 is 2.22 bits per heavy atom. The first-order valence-electron chi connectivity index (χ1n) is 2.69. The summed E-state index contributed by atoms with van der Waals surface area (Å²) in [5, 5.41) is 0. The van der Waals surface area contributed by atoms with E-state index in [0.717, 1.165) is 4.90 Å². The largest absolute Gasteiger partial charge is 0.282 e. The maximum Gasteiger partial charge on any atom is 0.252 e. The van der Waals surface area contributed by atoms with Crippen LogP contribution in [0.25, 0.3) is 0 Å². The number of likely N-dealkylation sites (N-methyl/N-ethyl adjacent to an activating group) is 1. The molecule has 0 atom stereocenters. The highest BCUT2D eigenvalue weighted by Gasteiger charge is 2.16. The van der Waals surface area contributed by atoms with Gasteiger partial charge in [0.05, 0.1) is 0 Å². The van der Waals surface area contributed by atoms with Crippen molar-refractivity contribution in [2.75, 3.05) is 7.05 Å². The number of carbonyl (C=O) groups excluding carboxylic acids is 2. The Hall–Kier alpha value is -1.12. The number of hydrogen-bond donors (Lipinski definition) is 0. The standard InChI is InChI=1S/C6H7NO2/c1-7-5(8)3-2-4-6(7)9/h2-3H,4H2,1H3. The van der Waals surface area contributed by atoms with E-state index in [2.05, 4.69) is 0 Å². The van der Waals surface area contributed by atoms with Crippen LogP contribution in [-0.2, 0) is 9.59 Å². The van der Waals surface area contributed by atoms with Gasteiger partial charge >= 0.3 is 0 Å². The fourth-order valence-electron chi connectivity index (χ4n) is 0.632. The summed E-state index contributed by atoms with van der Waals surface area (Å²) in [6, 6.07) is 0. The van der Waals surface area contributed by atoms with Crippen molar-refractivity contribution in [2.24, 2.45) is 0 Å². The molecule has 3 nitrogen and oxygen atoms in total. The van der Waals surface area contributed by atoms with E-state index >= 15 is 0 Å². The third kappa shape index (κ3) is 0.988. The van der Waals surface area contributed by atoms with E-state index in [1.54, 1.807) is 6.08 Å². The van der Waals surface area contributed by atoms with Crippen LogP contribution in [0.15, 0.2) is 12.2 Å². The van der Waals surface area contributed by atoms with E-state index in [1.807, 2.05) is 0 Å². The minimum Gasteiger partial charge on any atom is -0.282 e. The van der Waals surface area contributed by atoms with Gasteiger partial charge < -0.3 is 0 Å². The molecule has 0 aromatic carbocycles. The summed E-state index contributed by atoms with van der Waals surface area (Å²) in [7, 11) is 1.48. The zero-order valence-corrected chi connectivity index (χ0v) is 5.13. The first-order chi connectivity index (χ1) is 4.22. The minimum absolute atomic E-state index is 0.137. The quantitative estimate of drug-likeness (QED) is 0.425. The summed E-state index contributed by atoms with van der Waals surface area (Å²) in [6.45, 7) is 0. The molecule has 0 unspecified atom stereocenters. The SMILES string of the molecule is CN1C(=O)C=CCC1=O. The molecular formula is C6H7NO2. The monoisotopic (exact) mass is 125 g/mol. The number of hydrogen-bond acceptors (Lipinski definition) is 2. The average Bonchev–Trinajstić information content (AvgIpc) is 1.83. The Morgan fingerprint density at radius 3 is 2.67 bits per heavy atom. The molecule has 2 amide bonds. The van der Waals surface area contributed by atoms with Crippen molar-refractivity contribution in [2.45, 2.75) is 6.42 Å². The van der Waals surface area contributed by atoms with Crippen LogP contribution in [0, 0.1) is 0 Å². The molecule has 9 heavy (non-hydrogen) atoms. The lowest BCUT2D eigenvalue weighted by molar-refractivity contribution is -0.140. The van der Waals surface area contributed by atoms with E-state index in [4.69, 9.17) is 0 Å². The van der Waals surface area contributed by atoms with Gasteiger partial charge in [-0.2, -0.15) is 0 Å². The van der Waals surface area contributed by atoms with Crippen molar-refractivity contribution in [1.29, 1.82) is 0 Å². The Morgan fingerprint density at radius 1 is 1.56 bits per heavy atom. The van der Waals surface area contributed by atoms with E-state index in [1.165, 1.54) is 13.1 Å². The smallest absolute Gasteiger partial charge is 0.252 e. The van der Waals surface area contributed by atoms with Gasteiger partial charge in [0.2, 0.25) is 5.91 Å². The van der Waals surface area contributed by atoms with Gasteiger partial charge in [-0.05, 0) is 0 Å². The number of nitrogens with zero attached hydrogens (tertiary/aromatic N) is 1. The topological polar surface area (TPSA) is 37.4 Å². The summed E-state index contributed by atoms with van der Waals surface area (Å²) < 4.78 is 0. The first-order valence-corrected chi connectivity index (χ1v) is 2.69. The van der Waals surface area contributed by atoms with Crippen LogP contribution in [0.3, 0.4) is 0 Å². The van der Waals surface area contributed by atoms with Crippen LogP contribution in [-0.4, -0.2) is 23.8 Å². The van der Waals surface area contributed by atoms with Crippen molar-refractivity contribution in [3.8, 4) is 0 Å². The summed E-state index contributed by atoms with van der Waals surface area (Å²) in [4.78, 5) is 22.4. The molecule has 0 N–H and O–H groups in total. The van der Waals surface area contributed by atoms with Gasteiger partial charge in [-0.3, -0.25) is 14.5 Å². The summed E-state index contributed by atoms with van der Waals surface area (Å²) in [6.07, 6.45) is 3.33. The Bertz CT molecular complexity index is 183. The van der Waals surface area contributed by atoms with Crippen LogP contribution in [0.2, 0.25) is 0 Å². The molecule has 1 aliphatic rings. The van der Waals surface area contributed by atoms with Gasteiger partial charge in [0.1, 0.15) is 0 Å². The molecule has 0 saturated carbocycles. The van der Waals surface area contributed by atoms with Crippen LogP contribution in [0.5, 0.6) is 0 Å². The second-order valence-electron chi connectivity index (χ2n) is 1.90. The van der Waals surface area contributed by atoms with Gasteiger partial charge in [-0.25, -0.2) is 0 Å². The number of carbonyl (C=O) groups is 2. The van der Waals surface area contributed by atoms with Gasteiger partial charge in [-0.15, -0.1) is 0 Å². The zero-order valence-electron chi connectivity index (χ0n) is 5.13. The second-order valence-corrected chi connectivity index (χ2v) is 1.90. The van der Waals surface area contributed by atoms with Crippen molar-refractivity contribution in [1.82, 2.24) is 4.90 Å². The highest BCUT2D eigenvalue weighted by molar-refractivity contribution is 6.03. The lowest BCUT2D eigenvalue weighted by Crippen LogP contribution is -2.33. The maximum absolute atomic E-state index is 10.7. The van der Waals surface area contributed by atoms with Crippen LogP contribution < -0.4 is 0 Å². The molecule has 1 heterocycles. The molecule has 0 fully saturated rings. The molecule has 48 valence electrons. The van der Waals surface area contributed by atoms with Crippen molar-refractivity contribution < 1.29 is 9.59 Å². The van der Waals surface area contributed by atoms with Crippen LogP contribution in [0.1, 0.15) is 6.42 Å². The molecule has 1 aliphatic heterocycles. The normalized spacial score (nSPS) is 19.0. The highest BCUT2D eigenvalue weighted by atomic mass is 16.2. The third-order valence-electron chi connectivity index (χ3n) is 1.26. The molecular weight excluding hydrogens is 118 g/mol. The predicted octanol–water partition coefficient (Wildman–Crippen LogP) is -0.0687. The molecule has 0 bridgehead atoms. The lowest BCUT2D eigenvalue weighted by Gasteiger charge is -2.14. The molecule has 1 rings (SSSR count). The van der Waals surface area contributed by atoms with E-state index < -0.39 is 0 Å². The summed E-state index contributed by atoms with van der Waals surface area (Å²) >= 11 is 0. The molecule has 3 heteroatoms. The summed E-state index contributed by atoms with van der Waals surface area (Å²) in [5.74, 6) is -0.367. The van der Waals surface area contributed by atoms with Gasteiger partial charge in [0, 0.05) is 19.5 Å². The molecule has 0 radical (unpaired) electrons. The molecule has 0 saturated heterocycles. The highest BCUT2D eigenvalue weighted by Crippen LogP contribution is 2.00. The van der Waals surface area contributed by atoms with Crippen LogP contribution >= 0.6 is 0 Å². The minimum atomic E-state index is -0.230. The lowest BCUT2D eigenvalue weighted by atomic mass is 10.2. The number of rotatable bonds is 0. The van der Waals surface area contributed by atoms with E-state index in [0.29, 0.717) is 6.42 Å². The fraction of sp³-hybridized carbons (Fsp3) is 0.333. The molecule has 0 aromatic rings. The van der Waals surface area contributed by atoms with Crippen molar-refractivity contribution >= 4 is 11.8 Å². The van der Waals surface area contributed by atoms with Gasteiger partial charge in [0.15, 0.2) is 0 Å². The van der Waals surface area contributed by atoms with Crippen LogP contribution in [0.4, 0.5) is 0 Å². The second kappa shape index (κ2) is 2.01. The molecule has 0 aromatic heterocycles. The van der Waals surface area contributed by atoms with E-state index in [-0.39, 0.29) is 11.8 Å². The fourth-order valence-corrected chi connectivity index (χ4v) is 0.632. The first kappa shape index (κ1) is 6.01. The Labute approximate surface area is 53.0 Å². The molecule has 0 spiro atoms. The summed E-state index contributed by atoms with van der Waals surface area (Å²) in [5.41, 5.74) is 0. The molecule has 0 aliphatic carbocycles. The number of imide groups is 1. The zero-order chi connectivity index (χ0) is 6.85. The third-order valence-corrected chi connectivity index (χ3v) is 1.26. The average molecular weight is 125 g/mol. The number of amides is 2. The Balaban J connectivity index is 2.81.